The molecule has 0 radical (unpaired) electrons. The van der Waals surface area contributed by atoms with E-state index in [4.69, 9.17) is 5.73 Å². The number of carbonyl (C=O) groups is 1. The van der Waals surface area contributed by atoms with Gasteiger partial charge in [0.1, 0.15) is 11.7 Å². The monoisotopic (exact) mass is 429 g/mol. The lowest BCUT2D eigenvalue weighted by atomic mass is 10.0. The molecule has 0 aliphatic heterocycles. The number of fused-ring (bicyclic) bond motifs is 2. The minimum absolute atomic E-state index is 0.185. The summed E-state index contributed by atoms with van der Waals surface area (Å²) in [4.78, 5) is 25.7. The molecule has 0 spiro atoms. The maximum atomic E-state index is 13.4. The topological polar surface area (TPSA) is 86.2 Å². The summed E-state index contributed by atoms with van der Waals surface area (Å²) in [6.45, 7) is -0.773. The number of pyridine rings is 1. The minimum atomic E-state index is -0.773. The average molecular weight is 429 g/mol. The molecule has 2 N–H and O–H groups in total. The number of aromatic nitrogens is 4. The predicted octanol–water partition coefficient (Wildman–Crippen LogP) is 4.66. The molecular weight excluding hydrogens is 413 g/mol. The van der Waals surface area contributed by atoms with Gasteiger partial charge in [0.2, 0.25) is 11.7 Å². The number of hydrogen-bond donors (Lipinski definition) is 1. The van der Waals surface area contributed by atoms with Gasteiger partial charge in [-0.15, -0.1) is 0 Å². The molecular formula is C23H16FN5OS. The molecule has 3 aromatic heterocycles. The quantitative estimate of drug-likeness (QED) is 0.439. The first kappa shape index (κ1) is 19.2. The summed E-state index contributed by atoms with van der Waals surface area (Å²) < 4.78 is 15.3. The Morgan fingerprint density at radius 3 is 2.74 bits per heavy atom. The molecule has 0 aliphatic rings. The molecule has 5 aromatic rings. The van der Waals surface area contributed by atoms with E-state index in [-0.39, 0.29) is 11.1 Å². The summed E-state index contributed by atoms with van der Waals surface area (Å²) in [5.74, 6) is -0.0835. The highest BCUT2D eigenvalue weighted by Crippen LogP contribution is 2.31. The van der Waals surface area contributed by atoms with Crippen molar-refractivity contribution in [3.05, 3.63) is 84.4 Å². The normalized spacial score (nSPS) is 11.3. The number of carbonyl (C=O) groups excluding carboxylic acids is 1. The molecule has 0 atom stereocenters. The Balaban J connectivity index is 1.53. The second-order valence-electron chi connectivity index (χ2n) is 6.94. The van der Waals surface area contributed by atoms with Crippen LogP contribution in [0.25, 0.3) is 27.8 Å². The molecule has 6 nitrogen and oxygen atoms in total. The summed E-state index contributed by atoms with van der Waals surface area (Å²) >= 11 is 1.57. The van der Waals surface area contributed by atoms with E-state index >= 15 is 0 Å². The van der Waals surface area contributed by atoms with Crippen molar-refractivity contribution >= 4 is 34.3 Å². The molecule has 152 valence electrons. The molecule has 0 aliphatic carbocycles. The van der Waals surface area contributed by atoms with E-state index in [1.54, 1.807) is 48.6 Å². The molecule has 8 heteroatoms. The average Bonchev–Trinajstić information content (AvgIpc) is 3.20. The first-order valence-electron chi connectivity index (χ1n) is 9.47. The van der Waals surface area contributed by atoms with Gasteiger partial charge in [0.25, 0.3) is 0 Å². The first-order valence-corrected chi connectivity index (χ1v) is 10.3. The SMILES string of the molecule is NC(=O)c1ccc(-c2cnc3ncc(Sc4ccc5ncccc5c4)n3c2)cc1CF. The van der Waals surface area contributed by atoms with Gasteiger partial charge in [-0.3, -0.25) is 14.2 Å². The number of halogens is 1. The molecule has 2 aromatic carbocycles. The Bertz CT molecular complexity index is 1450. The molecule has 0 bridgehead atoms. The minimum Gasteiger partial charge on any atom is -0.366 e. The third-order valence-electron chi connectivity index (χ3n) is 4.98. The van der Waals surface area contributed by atoms with E-state index in [0.29, 0.717) is 5.78 Å². The number of hydrogen-bond acceptors (Lipinski definition) is 5. The van der Waals surface area contributed by atoms with Crippen LogP contribution in [0.15, 0.2) is 83.2 Å². The smallest absolute Gasteiger partial charge is 0.249 e. The molecule has 0 saturated carbocycles. The first-order chi connectivity index (χ1) is 15.1. The Hall–Kier alpha value is -3.78. The van der Waals surface area contributed by atoms with Gasteiger partial charge in [-0.1, -0.05) is 23.9 Å². The standard InChI is InChI=1S/C23H16FN5OS/c24-10-16-8-14(3-5-19(16)22(25)30)17-11-27-23-28-12-21(29(23)13-17)31-18-4-6-20-15(9-18)2-1-7-26-20/h1-9,11-13H,10H2,(H2,25,30). The maximum absolute atomic E-state index is 13.4. The van der Waals surface area contributed by atoms with Crippen molar-refractivity contribution in [2.45, 2.75) is 16.6 Å². The van der Waals surface area contributed by atoms with Gasteiger partial charge in [-0.05, 0) is 47.5 Å². The number of nitrogens with two attached hydrogens (primary N) is 1. The summed E-state index contributed by atoms with van der Waals surface area (Å²) in [6.07, 6.45) is 7.13. The van der Waals surface area contributed by atoms with Gasteiger partial charge in [0.05, 0.1) is 11.7 Å². The van der Waals surface area contributed by atoms with Crippen LogP contribution in [-0.2, 0) is 6.67 Å². The van der Waals surface area contributed by atoms with Gasteiger partial charge in [0, 0.05) is 40.0 Å². The van der Waals surface area contributed by atoms with Crippen LogP contribution in [0.3, 0.4) is 0 Å². The van der Waals surface area contributed by atoms with E-state index in [0.717, 1.165) is 32.0 Å². The molecule has 1 amide bonds. The van der Waals surface area contributed by atoms with Crippen molar-refractivity contribution in [2.24, 2.45) is 5.73 Å². The number of alkyl halides is 1. The molecule has 3 heterocycles. The highest BCUT2D eigenvalue weighted by molar-refractivity contribution is 7.99. The van der Waals surface area contributed by atoms with Gasteiger partial charge in [0.15, 0.2) is 0 Å². The Labute approximate surface area is 181 Å². The van der Waals surface area contributed by atoms with Crippen molar-refractivity contribution in [3.8, 4) is 11.1 Å². The highest BCUT2D eigenvalue weighted by atomic mass is 32.2. The largest absolute Gasteiger partial charge is 0.366 e. The third-order valence-corrected chi connectivity index (χ3v) is 5.98. The zero-order valence-electron chi connectivity index (χ0n) is 16.2. The molecule has 5 rings (SSSR count). The summed E-state index contributed by atoms with van der Waals surface area (Å²) in [5.41, 5.74) is 8.24. The van der Waals surface area contributed by atoms with E-state index in [9.17, 15) is 9.18 Å². The zero-order chi connectivity index (χ0) is 21.4. The number of benzene rings is 2. The lowest BCUT2D eigenvalue weighted by Gasteiger charge is -2.08. The summed E-state index contributed by atoms with van der Waals surface area (Å²) in [5, 5.41) is 1.96. The second kappa shape index (κ2) is 7.81. The summed E-state index contributed by atoms with van der Waals surface area (Å²) in [6, 6.07) is 14.9. The van der Waals surface area contributed by atoms with E-state index in [1.165, 1.54) is 0 Å². The van der Waals surface area contributed by atoms with Crippen LogP contribution in [0.1, 0.15) is 15.9 Å². The third kappa shape index (κ3) is 3.62. The number of amides is 1. The Kier molecular flexibility index (Phi) is 4.83. The van der Waals surface area contributed by atoms with Crippen molar-refractivity contribution in [3.63, 3.8) is 0 Å². The van der Waals surface area contributed by atoms with Crippen molar-refractivity contribution in [2.75, 3.05) is 0 Å². The highest BCUT2D eigenvalue weighted by Gasteiger charge is 2.12. The second-order valence-corrected chi connectivity index (χ2v) is 8.03. The van der Waals surface area contributed by atoms with E-state index < -0.39 is 12.6 Å². The van der Waals surface area contributed by atoms with Crippen LogP contribution >= 0.6 is 11.8 Å². The Morgan fingerprint density at radius 1 is 1.03 bits per heavy atom. The van der Waals surface area contributed by atoms with Crippen molar-refractivity contribution in [1.82, 2.24) is 19.4 Å². The van der Waals surface area contributed by atoms with Crippen molar-refractivity contribution in [1.29, 1.82) is 0 Å². The number of imidazole rings is 1. The lowest BCUT2D eigenvalue weighted by Crippen LogP contribution is -2.13. The fourth-order valence-corrected chi connectivity index (χ4v) is 4.34. The number of primary amides is 1. The summed E-state index contributed by atoms with van der Waals surface area (Å²) in [7, 11) is 0. The van der Waals surface area contributed by atoms with Gasteiger partial charge in [-0.2, -0.15) is 0 Å². The maximum Gasteiger partial charge on any atom is 0.249 e. The van der Waals surface area contributed by atoms with Crippen LogP contribution in [0.4, 0.5) is 4.39 Å². The van der Waals surface area contributed by atoms with Gasteiger partial charge < -0.3 is 5.73 Å². The van der Waals surface area contributed by atoms with E-state index in [2.05, 4.69) is 21.0 Å². The zero-order valence-corrected chi connectivity index (χ0v) is 17.0. The predicted molar refractivity (Wildman–Crippen MR) is 118 cm³/mol. The van der Waals surface area contributed by atoms with Gasteiger partial charge >= 0.3 is 0 Å². The molecule has 0 fully saturated rings. The molecule has 31 heavy (non-hydrogen) atoms. The number of rotatable bonds is 5. The van der Waals surface area contributed by atoms with Crippen LogP contribution in [0, 0.1) is 0 Å². The van der Waals surface area contributed by atoms with Crippen LogP contribution < -0.4 is 5.73 Å². The van der Waals surface area contributed by atoms with E-state index in [1.807, 2.05) is 34.9 Å². The Morgan fingerprint density at radius 2 is 1.90 bits per heavy atom. The van der Waals surface area contributed by atoms with Crippen LogP contribution in [-0.4, -0.2) is 25.3 Å². The molecule has 0 unspecified atom stereocenters. The van der Waals surface area contributed by atoms with Crippen molar-refractivity contribution < 1.29 is 9.18 Å². The molecule has 0 saturated heterocycles. The van der Waals surface area contributed by atoms with Crippen LogP contribution in [0.2, 0.25) is 0 Å². The van der Waals surface area contributed by atoms with Gasteiger partial charge in [-0.25, -0.2) is 14.4 Å². The van der Waals surface area contributed by atoms with Crippen LogP contribution in [0.5, 0.6) is 0 Å². The fourth-order valence-electron chi connectivity index (χ4n) is 3.44. The number of nitrogens with zero attached hydrogens (tertiary/aromatic N) is 4. The lowest BCUT2D eigenvalue weighted by molar-refractivity contribution is 0.0998. The fraction of sp³-hybridized carbons (Fsp3) is 0.0435.